The van der Waals surface area contributed by atoms with Crippen LogP contribution in [0.25, 0.3) is 0 Å². The maximum Gasteiger partial charge on any atom is 2.00 e. The Morgan fingerprint density at radius 1 is 0.316 bits per heavy atom. The maximum absolute atomic E-state index is 10.1. The SMILES string of the molecule is O=C([O-])c1ccccc1.O=C([O-])c1ccccc1.O=C([O-])c1ccccc1.O=C([O-])c1ccccc1.[Ti+2].[Ti+2]. The van der Waals surface area contributed by atoms with Crippen molar-refractivity contribution >= 4 is 23.9 Å². The molecular weight excluding hydrogens is 560 g/mol. The first-order valence-electron chi connectivity index (χ1n) is 10.3. The molecular formula is C28H20O8Ti2. The van der Waals surface area contributed by atoms with Crippen molar-refractivity contribution in [3.63, 3.8) is 0 Å². The van der Waals surface area contributed by atoms with Gasteiger partial charge in [0, 0.05) is 0 Å². The van der Waals surface area contributed by atoms with E-state index in [1.54, 1.807) is 72.8 Å². The third kappa shape index (κ3) is 16.0. The molecule has 4 aromatic rings. The van der Waals surface area contributed by atoms with E-state index >= 15 is 0 Å². The van der Waals surface area contributed by atoms with Crippen LogP contribution in [0, 0.1) is 0 Å². The minimum Gasteiger partial charge on any atom is -0.545 e. The zero-order valence-corrected chi connectivity index (χ0v) is 22.9. The van der Waals surface area contributed by atoms with E-state index < -0.39 is 23.9 Å². The Hall–Kier alpha value is -3.81. The number of carboxylic acid groups (broad SMARTS) is 4. The summed E-state index contributed by atoms with van der Waals surface area (Å²) in [6, 6.07) is 32.3. The average molecular weight is 580 g/mol. The minimum atomic E-state index is -1.13. The molecule has 0 spiro atoms. The van der Waals surface area contributed by atoms with Gasteiger partial charge in [-0.15, -0.1) is 0 Å². The van der Waals surface area contributed by atoms with Gasteiger partial charge < -0.3 is 39.6 Å². The molecule has 0 amide bonds. The van der Waals surface area contributed by atoms with E-state index in [4.69, 9.17) is 0 Å². The number of aromatic carboxylic acids is 4. The molecule has 0 aromatic heterocycles. The fraction of sp³-hybridized carbons (Fsp3) is 0. The molecule has 0 unspecified atom stereocenters. The number of carboxylic acids is 4. The van der Waals surface area contributed by atoms with Gasteiger partial charge in [-0.1, -0.05) is 121 Å². The summed E-state index contributed by atoms with van der Waals surface area (Å²) in [6.07, 6.45) is 0. The zero-order valence-electron chi connectivity index (χ0n) is 19.8. The molecule has 0 saturated carbocycles. The molecule has 0 fully saturated rings. The summed E-state index contributed by atoms with van der Waals surface area (Å²) in [5.41, 5.74) is 0.880. The van der Waals surface area contributed by atoms with Crippen LogP contribution in [-0.2, 0) is 43.4 Å². The summed E-state index contributed by atoms with van der Waals surface area (Å²) < 4.78 is 0. The van der Waals surface area contributed by atoms with Crippen molar-refractivity contribution < 1.29 is 83.0 Å². The molecule has 4 rings (SSSR count). The first-order chi connectivity index (χ1) is 17.2. The monoisotopic (exact) mass is 580 g/mol. The molecule has 0 atom stereocenters. The van der Waals surface area contributed by atoms with Gasteiger partial charge in [0.25, 0.3) is 0 Å². The van der Waals surface area contributed by atoms with Crippen molar-refractivity contribution in [3.8, 4) is 0 Å². The van der Waals surface area contributed by atoms with E-state index in [1.807, 2.05) is 0 Å². The quantitative estimate of drug-likeness (QED) is 0.310. The largest absolute Gasteiger partial charge is 2.00 e. The smallest absolute Gasteiger partial charge is 0.545 e. The Kier molecular flexibility index (Phi) is 20.4. The van der Waals surface area contributed by atoms with Gasteiger partial charge in [-0.3, -0.25) is 0 Å². The van der Waals surface area contributed by atoms with Gasteiger partial charge in [0.2, 0.25) is 0 Å². The Labute approximate surface area is 249 Å². The molecule has 0 aliphatic rings. The standard InChI is InChI=1S/4C7H6O2.2Ti/c4*8-7(9)6-4-2-1-3-5-6;;/h4*1-5H,(H,8,9);;/q;;;;2*+2/p-4. The summed E-state index contributed by atoms with van der Waals surface area (Å²) in [4.78, 5) is 40.4. The minimum absolute atomic E-state index is 0. The second kappa shape index (κ2) is 21.3. The normalized spacial score (nSPS) is 8.42. The summed E-state index contributed by atoms with van der Waals surface area (Å²) in [5.74, 6) is -4.52. The number of carbonyl (C=O) groups excluding carboxylic acids is 4. The van der Waals surface area contributed by atoms with Crippen molar-refractivity contribution in [3.05, 3.63) is 144 Å². The van der Waals surface area contributed by atoms with Crippen LogP contribution in [0.2, 0.25) is 0 Å². The summed E-state index contributed by atoms with van der Waals surface area (Å²) >= 11 is 0. The topological polar surface area (TPSA) is 161 Å². The molecule has 0 aliphatic heterocycles. The number of hydrogen-bond donors (Lipinski definition) is 0. The van der Waals surface area contributed by atoms with Crippen molar-refractivity contribution in [2.75, 3.05) is 0 Å². The van der Waals surface area contributed by atoms with Crippen molar-refractivity contribution in [1.29, 1.82) is 0 Å². The number of carbonyl (C=O) groups is 4. The summed E-state index contributed by atoms with van der Waals surface area (Å²) in [6.45, 7) is 0. The van der Waals surface area contributed by atoms with E-state index in [1.165, 1.54) is 48.5 Å². The second-order valence-corrected chi connectivity index (χ2v) is 6.61. The first kappa shape index (κ1) is 36.3. The fourth-order valence-corrected chi connectivity index (χ4v) is 2.30. The Morgan fingerprint density at radius 3 is 0.526 bits per heavy atom. The molecule has 0 radical (unpaired) electrons. The second-order valence-electron chi connectivity index (χ2n) is 6.61. The van der Waals surface area contributed by atoms with Crippen LogP contribution < -0.4 is 20.4 Å². The maximum atomic E-state index is 10.1. The van der Waals surface area contributed by atoms with Crippen LogP contribution in [0.4, 0.5) is 0 Å². The van der Waals surface area contributed by atoms with E-state index in [-0.39, 0.29) is 65.7 Å². The van der Waals surface area contributed by atoms with E-state index in [9.17, 15) is 39.6 Å². The van der Waals surface area contributed by atoms with E-state index in [0.717, 1.165) is 0 Å². The van der Waals surface area contributed by atoms with Crippen molar-refractivity contribution in [2.24, 2.45) is 0 Å². The Morgan fingerprint density at radius 2 is 0.447 bits per heavy atom. The van der Waals surface area contributed by atoms with Gasteiger partial charge in [0.15, 0.2) is 0 Å². The predicted octanol–water partition coefficient (Wildman–Crippen LogP) is 0.195. The van der Waals surface area contributed by atoms with Crippen molar-refractivity contribution in [2.45, 2.75) is 0 Å². The zero-order chi connectivity index (χ0) is 26.8. The van der Waals surface area contributed by atoms with Crippen LogP contribution in [0.5, 0.6) is 0 Å². The molecule has 0 aliphatic carbocycles. The Bertz CT molecular complexity index is 1020. The third-order valence-corrected chi connectivity index (χ3v) is 4.04. The summed E-state index contributed by atoms with van der Waals surface area (Å²) in [7, 11) is 0. The van der Waals surface area contributed by atoms with Crippen LogP contribution in [0.3, 0.4) is 0 Å². The van der Waals surface area contributed by atoms with Crippen LogP contribution in [-0.4, -0.2) is 23.9 Å². The van der Waals surface area contributed by atoms with Gasteiger partial charge in [0.1, 0.15) is 0 Å². The Balaban J connectivity index is 0. The number of hydrogen-bond acceptors (Lipinski definition) is 8. The molecule has 38 heavy (non-hydrogen) atoms. The predicted molar refractivity (Wildman–Crippen MR) is 123 cm³/mol. The third-order valence-electron chi connectivity index (χ3n) is 4.04. The van der Waals surface area contributed by atoms with Gasteiger partial charge in [-0.2, -0.15) is 0 Å². The number of benzene rings is 4. The molecule has 8 nitrogen and oxygen atoms in total. The molecule has 0 heterocycles. The van der Waals surface area contributed by atoms with Gasteiger partial charge >= 0.3 is 43.4 Å². The molecule has 0 bridgehead atoms. The molecule has 0 N–H and O–H groups in total. The summed E-state index contributed by atoms with van der Waals surface area (Å²) in [5, 5.41) is 40.4. The molecule has 188 valence electrons. The first-order valence-corrected chi connectivity index (χ1v) is 10.3. The van der Waals surface area contributed by atoms with Gasteiger partial charge in [0.05, 0.1) is 23.9 Å². The molecule has 4 aromatic carbocycles. The van der Waals surface area contributed by atoms with Gasteiger partial charge in [-0.25, -0.2) is 0 Å². The fourth-order valence-electron chi connectivity index (χ4n) is 2.30. The van der Waals surface area contributed by atoms with Crippen LogP contribution >= 0.6 is 0 Å². The van der Waals surface area contributed by atoms with Crippen molar-refractivity contribution in [1.82, 2.24) is 0 Å². The van der Waals surface area contributed by atoms with Crippen LogP contribution in [0.15, 0.2) is 121 Å². The number of rotatable bonds is 4. The average Bonchev–Trinajstić information content (AvgIpc) is 2.92. The van der Waals surface area contributed by atoms with E-state index in [0.29, 0.717) is 0 Å². The molecule has 0 saturated heterocycles. The van der Waals surface area contributed by atoms with E-state index in [2.05, 4.69) is 0 Å². The van der Waals surface area contributed by atoms with Crippen LogP contribution in [0.1, 0.15) is 41.4 Å². The van der Waals surface area contributed by atoms with Gasteiger partial charge in [-0.05, 0) is 22.3 Å². The molecule has 10 heteroatoms.